The minimum Gasteiger partial charge on any atom is -0.484 e. The number of Topliss-reactive ketones (excluding diaryl/α,β-unsaturated/α-hetero) is 1. The maximum atomic E-state index is 13.7. The van der Waals surface area contributed by atoms with Crippen LogP contribution in [0.2, 0.25) is 0 Å². The highest BCUT2D eigenvalue weighted by Gasteiger charge is 2.09. The van der Waals surface area contributed by atoms with Crippen molar-refractivity contribution in [2.45, 2.75) is 33.3 Å². The Bertz CT molecular complexity index is 610. The van der Waals surface area contributed by atoms with E-state index in [-0.39, 0.29) is 18.1 Å². The molecule has 0 saturated heterocycles. The van der Waals surface area contributed by atoms with Gasteiger partial charge in [-0.3, -0.25) is 4.79 Å². The fourth-order valence-corrected chi connectivity index (χ4v) is 2.62. The molecule has 5 heteroatoms. The Balaban J connectivity index is 2.01. The standard InChI is InChI=1S/C15H16FNO2S/c1-3-4-15-17-12(9-20-15)8-19-14-6-5-11(10(2)18)7-13(14)16/h5-7,9H,3-4,8H2,1-2H3. The van der Waals surface area contributed by atoms with Gasteiger partial charge in [-0.1, -0.05) is 6.92 Å². The van der Waals surface area contributed by atoms with Gasteiger partial charge >= 0.3 is 0 Å². The molecule has 0 spiro atoms. The third-order valence-electron chi connectivity index (χ3n) is 2.78. The minimum atomic E-state index is -0.526. The van der Waals surface area contributed by atoms with Crippen LogP contribution in [0.3, 0.4) is 0 Å². The summed E-state index contributed by atoms with van der Waals surface area (Å²) in [6.07, 6.45) is 2.00. The van der Waals surface area contributed by atoms with Crippen LogP contribution >= 0.6 is 11.3 Å². The van der Waals surface area contributed by atoms with Crippen molar-refractivity contribution in [3.05, 3.63) is 45.7 Å². The molecule has 0 aliphatic heterocycles. The van der Waals surface area contributed by atoms with Crippen molar-refractivity contribution in [2.24, 2.45) is 0 Å². The van der Waals surface area contributed by atoms with Gasteiger partial charge < -0.3 is 4.74 Å². The molecule has 106 valence electrons. The SMILES string of the molecule is CCCc1nc(COc2ccc(C(C)=O)cc2F)cs1. The number of carbonyl (C=O) groups excluding carboxylic acids is 1. The first-order chi connectivity index (χ1) is 9.60. The lowest BCUT2D eigenvalue weighted by Crippen LogP contribution is -2.00. The number of carbonyl (C=O) groups is 1. The summed E-state index contributed by atoms with van der Waals surface area (Å²) in [6.45, 7) is 3.74. The van der Waals surface area contributed by atoms with Crippen LogP contribution in [0.5, 0.6) is 5.75 Å². The summed E-state index contributed by atoms with van der Waals surface area (Å²) in [6, 6.07) is 4.23. The first-order valence-corrected chi connectivity index (χ1v) is 7.34. The van der Waals surface area contributed by atoms with E-state index in [0.29, 0.717) is 5.56 Å². The topological polar surface area (TPSA) is 39.2 Å². The van der Waals surface area contributed by atoms with Gasteiger partial charge in [-0.2, -0.15) is 0 Å². The zero-order chi connectivity index (χ0) is 14.5. The molecule has 1 aromatic carbocycles. The Morgan fingerprint density at radius 1 is 1.45 bits per heavy atom. The molecule has 0 radical (unpaired) electrons. The average molecular weight is 293 g/mol. The molecule has 2 rings (SSSR count). The maximum Gasteiger partial charge on any atom is 0.165 e. The predicted molar refractivity (Wildman–Crippen MR) is 76.8 cm³/mol. The van der Waals surface area contributed by atoms with Gasteiger partial charge in [0.05, 0.1) is 10.7 Å². The number of hydrogen-bond acceptors (Lipinski definition) is 4. The van der Waals surface area contributed by atoms with E-state index in [2.05, 4.69) is 11.9 Å². The van der Waals surface area contributed by atoms with Gasteiger partial charge in [-0.25, -0.2) is 9.37 Å². The lowest BCUT2D eigenvalue weighted by Gasteiger charge is -2.06. The molecule has 20 heavy (non-hydrogen) atoms. The number of benzene rings is 1. The Morgan fingerprint density at radius 2 is 2.25 bits per heavy atom. The molecule has 0 fully saturated rings. The number of halogens is 1. The van der Waals surface area contributed by atoms with Crippen molar-refractivity contribution in [1.82, 2.24) is 4.98 Å². The molecular formula is C15H16FNO2S. The summed E-state index contributed by atoms with van der Waals surface area (Å²) in [5, 5.41) is 2.99. The first-order valence-electron chi connectivity index (χ1n) is 6.46. The van der Waals surface area contributed by atoms with Gasteiger partial charge in [-0.15, -0.1) is 11.3 Å². The first kappa shape index (κ1) is 14.7. The van der Waals surface area contributed by atoms with Crippen molar-refractivity contribution in [2.75, 3.05) is 0 Å². The molecule has 0 amide bonds. The van der Waals surface area contributed by atoms with Crippen LogP contribution in [-0.2, 0) is 13.0 Å². The summed E-state index contributed by atoms with van der Waals surface area (Å²) < 4.78 is 19.2. The lowest BCUT2D eigenvalue weighted by molar-refractivity contribution is 0.101. The van der Waals surface area contributed by atoms with Gasteiger partial charge in [0.1, 0.15) is 6.61 Å². The van der Waals surface area contributed by atoms with Gasteiger partial charge in [-0.05, 0) is 38.0 Å². The second kappa shape index (κ2) is 6.61. The van der Waals surface area contributed by atoms with Crippen molar-refractivity contribution >= 4 is 17.1 Å². The van der Waals surface area contributed by atoms with E-state index in [4.69, 9.17) is 4.74 Å². The van der Waals surface area contributed by atoms with Crippen LogP contribution in [0.1, 0.15) is 41.3 Å². The average Bonchev–Trinajstić information content (AvgIpc) is 2.85. The van der Waals surface area contributed by atoms with Crippen LogP contribution in [0.25, 0.3) is 0 Å². The Morgan fingerprint density at radius 3 is 2.90 bits per heavy atom. The van der Waals surface area contributed by atoms with E-state index in [9.17, 15) is 9.18 Å². The minimum absolute atomic E-state index is 0.139. The number of ether oxygens (including phenoxy) is 1. The molecular weight excluding hydrogens is 277 g/mol. The van der Waals surface area contributed by atoms with Gasteiger partial charge in [0, 0.05) is 10.9 Å². The molecule has 0 aliphatic rings. The Kier molecular flexibility index (Phi) is 4.84. The molecule has 0 N–H and O–H groups in total. The van der Waals surface area contributed by atoms with Crippen LogP contribution in [0.4, 0.5) is 4.39 Å². The van der Waals surface area contributed by atoms with Crippen LogP contribution < -0.4 is 4.74 Å². The van der Waals surface area contributed by atoms with Crippen molar-refractivity contribution in [3.8, 4) is 5.75 Å². The molecule has 0 unspecified atom stereocenters. The van der Waals surface area contributed by atoms with Crippen LogP contribution in [0, 0.1) is 5.82 Å². The number of aromatic nitrogens is 1. The lowest BCUT2D eigenvalue weighted by atomic mass is 10.1. The Labute approximate surface area is 121 Å². The fraction of sp³-hybridized carbons (Fsp3) is 0.333. The summed E-state index contributed by atoms with van der Waals surface area (Å²) in [4.78, 5) is 15.5. The molecule has 2 aromatic rings. The van der Waals surface area contributed by atoms with Gasteiger partial charge in [0.2, 0.25) is 0 Å². The zero-order valence-corrected chi connectivity index (χ0v) is 12.3. The molecule has 0 bridgehead atoms. The highest BCUT2D eigenvalue weighted by molar-refractivity contribution is 7.09. The quantitative estimate of drug-likeness (QED) is 0.755. The highest BCUT2D eigenvalue weighted by atomic mass is 32.1. The molecule has 0 atom stereocenters. The summed E-state index contributed by atoms with van der Waals surface area (Å²) in [5.74, 6) is -0.555. The second-order valence-electron chi connectivity index (χ2n) is 4.47. The normalized spacial score (nSPS) is 10.6. The van der Waals surface area contributed by atoms with Gasteiger partial charge in [0.15, 0.2) is 17.3 Å². The zero-order valence-electron chi connectivity index (χ0n) is 11.5. The van der Waals surface area contributed by atoms with E-state index in [1.807, 2.05) is 5.38 Å². The van der Waals surface area contributed by atoms with Crippen molar-refractivity contribution in [3.63, 3.8) is 0 Å². The molecule has 1 aromatic heterocycles. The maximum absolute atomic E-state index is 13.7. The van der Waals surface area contributed by atoms with Gasteiger partial charge in [0.25, 0.3) is 0 Å². The number of thiazole rings is 1. The largest absolute Gasteiger partial charge is 0.484 e. The van der Waals surface area contributed by atoms with E-state index >= 15 is 0 Å². The predicted octanol–water partition coefficient (Wildman–Crippen LogP) is 4.02. The molecule has 1 heterocycles. The van der Waals surface area contributed by atoms with E-state index in [0.717, 1.165) is 23.5 Å². The third-order valence-corrected chi connectivity index (χ3v) is 3.73. The second-order valence-corrected chi connectivity index (χ2v) is 5.42. The van der Waals surface area contributed by atoms with E-state index < -0.39 is 5.82 Å². The number of hydrogen-bond donors (Lipinski definition) is 0. The summed E-state index contributed by atoms with van der Waals surface area (Å²) >= 11 is 1.59. The van der Waals surface area contributed by atoms with Crippen molar-refractivity contribution in [1.29, 1.82) is 0 Å². The molecule has 0 aliphatic carbocycles. The summed E-state index contributed by atoms with van der Waals surface area (Å²) in [7, 11) is 0. The number of aryl methyl sites for hydroxylation is 1. The van der Waals surface area contributed by atoms with E-state index in [1.165, 1.54) is 19.1 Å². The van der Waals surface area contributed by atoms with Crippen LogP contribution in [0.15, 0.2) is 23.6 Å². The van der Waals surface area contributed by atoms with Crippen LogP contribution in [-0.4, -0.2) is 10.8 Å². The fourth-order valence-electron chi connectivity index (χ4n) is 1.73. The smallest absolute Gasteiger partial charge is 0.165 e. The Hall–Kier alpha value is -1.75. The number of ketones is 1. The highest BCUT2D eigenvalue weighted by Crippen LogP contribution is 2.20. The monoisotopic (exact) mass is 293 g/mol. The number of nitrogens with zero attached hydrogens (tertiary/aromatic N) is 1. The van der Waals surface area contributed by atoms with E-state index in [1.54, 1.807) is 17.4 Å². The number of rotatable bonds is 6. The van der Waals surface area contributed by atoms with Crippen molar-refractivity contribution < 1.29 is 13.9 Å². The molecule has 0 saturated carbocycles. The molecule has 3 nitrogen and oxygen atoms in total. The third kappa shape index (κ3) is 3.63. The summed E-state index contributed by atoms with van der Waals surface area (Å²) in [5.41, 5.74) is 1.14.